The Morgan fingerprint density at radius 3 is 2.31 bits per heavy atom. The predicted octanol–water partition coefficient (Wildman–Crippen LogP) is 4.95. The average molecular weight is 495 g/mol. The highest BCUT2D eigenvalue weighted by molar-refractivity contribution is 5.70. The molecule has 0 unspecified atom stereocenters. The van der Waals surface area contributed by atoms with Gasteiger partial charge in [0, 0.05) is 37.6 Å². The number of nitrogens with zero attached hydrogens (tertiary/aromatic N) is 2. The summed E-state index contributed by atoms with van der Waals surface area (Å²) in [5, 5.41) is 8.89. The van der Waals surface area contributed by atoms with Crippen molar-refractivity contribution >= 4 is 12.1 Å². The number of aliphatic carboxylic acids is 1. The number of hydrogen-bond donors (Lipinski definition) is 1. The molecule has 36 heavy (non-hydrogen) atoms. The molecule has 2 atom stereocenters. The molecule has 0 bridgehead atoms. The number of piperidine rings is 1. The van der Waals surface area contributed by atoms with Gasteiger partial charge >= 0.3 is 12.1 Å². The molecule has 2 aromatic carbocycles. The molecule has 1 amide bonds. The van der Waals surface area contributed by atoms with Crippen molar-refractivity contribution in [2.24, 2.45) is 0 Å². The number of rotatable bonds is 9. The molecule has 0 spiro atoms. The summed E-state index contributed by atoms with van der Waals surface area (Å²) in [4.78, 5) is 28.5. The molecule has 2 aromatic rings. The van der Waals surface area contributed by atoms with Gasteiger partial charge in [0.2, 0.25) is 0 Å². The number of carboxylic acid groups (broad SMARTS) is 1. The van der Waals surface area contributed by atoms with E-state index in [0.29, 0.717) is 12.5 Å². The van der Waals surface area contributed by atoms with Crippen LogP contribution in [-0.4, -0.2) is 70.9 Å². The van der Waals surface area contributed by atoms with E-state index in [9.17, 15) is 9.59 Å². The van der Waals surface area contributed by atoms with Crippen LogP contribution in [0.4, 0.5) is 4.79 Å². The quantitative estimate of drug-likeness (QED) is 0.531. The summed E-state index contributed by atoms with van der Waals surface area (Å²) in [5.41, 5.74) is 1.54. The number of ether oxygens (including phenoxy) is 2. The Morgan fingerprint density at radius 1 is 1.03 bits per heavy atom. The van der Waals surface area contributed by atoms with Gasteiger partial charge in [0.05, 0.1) is 6.42 Å². The van der Waals surface area contributed by atoms with Crippen molar-refractivity contribution in [2.45, 2.75) is 70.1 Å². The number of hydrogen-bond acceptors (Lipinski definition) is 5. The van der Waals surface area contributed by atoms with Crippen molar-refractivity contribution in [2.75, 3.05) is 26.2 Å². The standard InChI is InChI=1S/C29H38N2O5/c1-29(2,3)36-28(34)31(26-20-25(26)22-7-5-4-6-8-22)23-13-15-30(16-14-23)17-18-35-24-11-9-21(10-12-24)19-27(32)33/h4-12,23,25-26H,13-20H2,1-3H3,(H,32,33)/t25-,26+/m0/s1. The molecule has 2 fully saturated rings. The van der Waals surface area contributed by atoms with Crippen LogP contribution in [0.3, 0.4) is 0 Å². The van der Waals surface area contributed by atoms with Gasteiger partial charge < -0.3 is 19.5 Å². The van der Waals surface area contributed by atoms with Crippen LogP contribution >= 0.6 is 0 Å². The third-order valence-electron chi connectivity index (χ3n) is 6.85. The van der Waals surface area contributed by atoms with Gasteiger partial charge in [0.25, 0.3) is 0 Å². The van der Waals surface area contributed by atoms with Crippen molar-refractivity contribution in [1.82, 2.24) is 9.80 Å². The van der Waals surface area contributed by atoms with Crippen LogP contribution in [0.1, 0.15) is 57.1 Å². The first-order chi connectivity index (χ1) is 17.2. The third kappa shape index (κ3) is 7.23. The van der Waals surface area contributed by atoms with Crippen molar-refractivity contribution in [3.05, 3.63) is 65.7 Å². The third-order valence-corrected chi connectivity index (χ3v) is 6.85. The molecule has 0 aromatic heterocycles. The maximum absolute atomic E-state index is 13.2. The Morgan fingerprint density at radius 2 is 1.69 bits per heavy atom. The Balaban J connectivity index is 1.28. The first-order valence-corrected chi connectivity index (χ1v) is 12.9. The molecule has 4 rings (SSSR count). The zero-order chi connectivity index (χ0) is 25.7. The summed E-state index contributed by atoms with van der Waals surface area (Å²) < 4.78 is 11.7. The predicted molar refractivity (Wildman–Crippen MR) is 138 cm³/mol. The molecular formula is C29H38N2O5. The molecule has 1 heterocycles. The van der Waals surface area contributed by atoms with Gasteiger partial charge in [0.15, 0.2) is 0 Å². The normalized spacial score (nSPS) is 20.5. The molecule has 0 radical (unpaired) electrons. The topological polar surface area (TPSA) is 79.3 Å². The van der Waals surface area contributed by atoms with E-state index in [1.165, 1.54) is 5.56 Å². The fraction of sp³-hybridized carbons (Fsp3) is 0.517. The Hall–Kier alpha value is -3.06. The second-order valence-corrected chi connectivity index (χ2v) is 10.8. The highest BCUT2D eigenvalue weighted by atomic mass is 16.6. The van der Waals surface area contributed by atoms with Crippen LogP contribution in [0, 0.1) is 0 Å². The zero-order valence-corrected chi connectivity index (χ0v) is 21.6. The van der Waals surface area contributed by atoms with E-state index in [2.05, 4.69) is 29.2 Å². The molecule has 1 aliphatic carbocycles. The zero-order valence-electron chi connectivity index (χ0n) is 21.6. The highest BCUT2D eigenvalue weighted by Crippen LogP contribution is 2.46. The number of carboxylic acids is 1. The maximum Gasteiger partial charge on any atom is 0.410 e. The summed E-state index contributed by atoms with van der Waals surface area (Å²) in [5.74, 6) is 0.289. The van der Waals surface area contributed by atoms with Crippen molar-refractivity contribution < 1.29 is 24.2 Å². The second kappa shape index (κ2) is 11.3. The molecule has 1 aliphatic heterocycles. The van der Waals surface area contributed by atoms with E-state index < -0.39 is 11.6 Å². The lowest BCUT2D eigenvalue weighted by Crippen LogP contribution is -2.50. The second-order valence-electron chi connectivity index (χ2n) is 10.8. The summed E-state index contributed by atoms with van der Waals surface area (Å²) >= 11 is 0. The summed E-state index contributed by atoms with van der Waals surface area (Å²) in [7, 11) is 0. The number of carbonyl (C=O) groups excluding carboxylic acids is 1. The molecule has 194 valence electrons. The number of benzene rings is 2. The minimum absolute atomic E-state index is 0.0164. The fourth-order valence-corrected chi connectivity index (χ4v) is 5.01. The molecule has 7 heteroatoms. The molecule has 7 nitrogen and oxygen atoms in total. The molecular weight excluding hydrogens is 456 g/mol. The van der Waals surface area contributed by atoms with Crippen molar-refractivity contribution in [1.29, 1.82) is 0 Å². The molecule has 1 N–H and O–H groups in total. The lowest BCUT2D eigenvalue weighted by molar-refractivity contribution is -0.136. The van der Waals surface area contributed by atoms with Crippen LogP contribution in [0.25, 0.3) is 0 Å². The lowest BCUT2D eigenvalue weighted by atomic mass is 10.0. The van der Waals surface area contributed by atoms with Crippen LogP contribution in [0.15, 0.2) is 54.6 Å². The number of amides is 1. The van der Waals surface area contributed by atoms with E-state index in [1.54, 1.807) is 12.1 Å². The van der Waals surface area contributed by atoms with Crippen LogP contribution in [-0.2, 0) is 16.0 Å². The number of likely N-dealkylation sites (tertiary alicyclic amines) is 1. The van der Waals surface area contributed by atoms with Gasteiger partial charge in [-0.15, -0.1) is 0 Å². The van der Waals surface area contributed by atoms with Crippen molar-refractivity contribution in [3.8, 4) is 5.75 Å². The van der Waals surface area contributed by atoms with E-state index in [1.807, 2.05) is 43.9 Å². The van der Waals surface area contributed by atoms with E-state index in [4.69, 9.17) is 14.6 Å². The molecule has 2 aliphatic rings. The average Bonchev–Trinajstić information content (AvgIpc) is 3.61. The van der Waals surface area contributed by atoms with Crippen LogP contribution in [0.2, 0.25) is 0 Å². The smallest absolute Gasteiger partial charge is 0.410 e. The SMILES string of the molecule is CC(C)(C)OC(=O)N(C1CCN(CCOc2ccc(CC(=O)O)cc2)CC1)[C@@H]1C[C@H]1c1ccccc1. The molecule has 1 saturated heterocycles. The Kier molecular flexibility index (Phi) is 8.19. The van der Waals surface area contributed by atoms with Gasteiger partial charge in [-0.05, 0) is 63.3 Å². The minimum atomic E-state index is -0.838. The van der Waals surface area contributed by atoms with Gasteiger partial charge in [-0.2, -0.15) is 0 Å². The van der Waals surface area contributed by atoms with E-state index in [-0.39, 0.29) is 24.6 Å². The largest absolute Gasteiger partial charge is 0.492 e. The minimum Gasteiger partial charge on any atom is -0.492 e. The van der Waals surface area contributed by atoms with Gasteiger partial charge in [-0.3, -0.25) is 9.69 Å². The van der Waals surface area contributed by atoms with Crippen LogP contribution < -0.4 is 4.74 Å². The first-order valence-electron chi connectivity index (χ1n) is 12.9. The van der Waals surface area contributed by atoms with E-state index in [0.717, 1.165) is 50.2 Å². The van der Waals surface area contributed by atoms with Gasteiger partial charge in [-0.25, -0.2) is 4.79 Å². The monoisotopic (exact) mass is 494 g/mol. The summed E-state index contributed by atoms with van der Waals surface area (Å²) in [6, 6.07) is 18.1. The molecule has 1 saturated carbocycles. The van der Waals surface area contributed by atoms with E-state index >= 15 is 0 Å². The van der Waals surface area contributed by atoms with Crippen molar-refractivity contribution in [3.63, 3.8) is 0 Å². The Labute approximate surface area is 214 Å². The first kappa shape index (κ1) is 26.0. The van der Waals surface area contributed by atoms with Gasteiger partial charge in [-0.1, -0.05) is 42.5 Å². The lowest BCUT2D eigenvalue weighted by Gasteiger charge is -2.39. The van der Waals surface area contributed by atoms with Crippen LogP contribution in [0.5, 0.6) is 5.75 Å². The number of carbonyl (C=O) groups is 2. The summed E-state index contributed by atoms with van der Waals surface area (Å²) in [6.45, 7) is 8.97. The Bertz CT molecular complexity index is 1010. The maximum atomic E-state index is 13.2. The fourth-order valence-electron chi connectivity index (χ4n) is 5.01. The highest BCUT2D eigenvalue weighted by Gasteiger charge is 2.48. The van der Waals surface area contributed by atoms with Gasteiger partial charge in [0.1, 0.15) is 18.0 Å². The summed E-state index contributed by atoms with van der Waals surface area (Å²) in [6.07, 6.45) is 2.65.